The van der Waals surface area contributed by atoms with Crippen LogP contribution in [0.1, 0.15) is 11.1 Å². The van der Waals surface area contributed by atoms with Crippen LogP contribution in [0.4, 0.5) is 10.5 Å². The summed E-state index contributed by atoms with van der Waals surface area (Å²) >= 11 is 0. The van der Waals surface area contributed by atoms with Gasteiger partial charge in [-0.05, 0) is 25.5 Å². The Labute approximate surface area is 95.0 Å². The molecule has 1 aromatic rings. The van der Waals surface area contributed by atoms with E-state index >= 15 is 0 Å². The third-order valence-corrected chi connectivity index (χ3v) is 2.52. The normalized spacial score (nSPS) is 18.0. The molecule has 2 N–H and O–H groups in total. The molecule has 0 bridgehead atoms. The van der Waals surface area contributed by atoms with Gasteiger partial charge in [-0.25, -0.2) is 4.79 Å². The van der Waals surface area contributed by atoms with Crippen molar-refractivity contribution < 1.29 is 9.53 Å². The second-order valence-corrected chi connectivity index (χ2v) is 4.11. The second-order valence-electron chi connectivity index (χ2n) is 4.11. The van der Waals surface area contributed by atoms with Crippen molar-refractivity contribution >= 4 is 11.7 Å². The molecule has 0 aliphatic carbocycles. The number of carbonyl (C=O) groups is 1. The highest BCUT2D eigenvalue weighted by molar-refractivity contribution is 5.90. The van der Waals surface area contributed by atoms with Crippen molar-refractivity contribution in [3.05, 3.63) is 29.3 Å². The zero-order chi connectivity index (χ0) is 11.5. The van der Waals surface area contributed by atoms with E-state index in [0.717, 1.165) is 17.9 Å². The van der Waals surface area contributed by atoms with E-state index in [0.29, 0.717) is 6.54 Å². The zero-order valence-electron chi connectivity index (χ0n) is 9.54. The number of carbonyl (C=O) groups excluding carboxylic acids is 1. The maximum atomic E-state index is 11.5. The highest BCUT2D eigenvalue weighted by atomic mass is 16.6. The molecule has 1 aromatic carbocycles. The average molecular weight is 220 g/mol. The van der Waals surface area contributed by atoms with Crippen molar-refractivity contribution in [2.75, 3.05) is 18.5 Å². The number of hydrogen-bond donors (Lipinski definition) is 2. The van der Waals surface area contributed by atoms with E-state index in [2.05, 4.69) is 10.6 Å². The van der Waals surface area contributed by atoms with Crippen LogP contribution >= 0.6 is 0 Å². The van der Waals surface area contributed by atoms with E-state index in [-0.39, 0.29) is 12.1 Å². The van der Waals surface area contributed by atoms with Crippen molar-refractivity contribution in [2.24, 2.45) is 0 Å². The van der Waals surface area contributed by atoms with Crippen LogP contribution in [0.3, 0.4) is 0 Å². The monoisotopic (exact) mass is 220 g/mol. The molecule has 1 heterocycles. The molecule has 0 radical (unpaired) electrons. The van der Waals surface area contributed by atoms with E-state index in [9.17, 15) is 4.79 Å². The van der Waals surface area contributed by atoms with E-state index < -0.39 is 0 Å². The first-order valence-corrected chi connectivity index (χ1v) is 5.39. The number of benzene rings is 1. The molecule has 2 amide bonds. The minimum Gasteiger partial charge on any atom is -0.371 e. The first-order valence-electron chi connectivity index (χ1n) is 5.39. The van der Waals surface area contributed by atoms with Crippen molar-refractivity contribution in [3.8, 4) is 0 Å². The summed E-state index contributed by atoms with van der Waals surface area (Å²) in [5.41, 5.74) is 3.10. The summed E-state index contributed by atoms with van der Waals surface area (Å²) < 4.78 is 5.01. The summed E-state index contributed by atoms with van der Waals surface area (Å²) in [6.45, 7) is 5.34. The topological polar surface area (TPSA) is 53.7 Å². The third kappa shape index (κ3) is 2.97. The lowest BCUT2D eigenvalue weighted by molar-refractivity contribution is 0.250. The van der Waals surface area contributed by atoms with Crippen molar-refractivity contribution in [1.82, 2.24) is 5.32 Å². The Kier molecular flexibility index (Phi) is 3.10. The Bertz CT molecular complexity index is 400. The molecule has 1 saturated heterocycles. The Hall–Kier alpha value is -1.55. The molecule has 0 aromatic heterocycles. The van der Waals surface area contributed by atoms with Crippen molar-refractivity contribution in [3.63, 3.8) is 0 Å². The Morgan fingerprint density at radius 3 is 2.88 bits per heavy atom. The minimum absolute atomic E-state index is 0.178. The molecule has 86 valence electrons. The summed E-state index contributed by atoms with van der Waals surface area (Å²) in [5.74, 6) is 0. The first-order chi connectivity index (χ1) is 7.65. The van der Waals surface area contributed by atoms with Gasteiger partial charge in [-0.1, -0.05) is 17.7 Å². The van der Waals surface area contributed by atoms with Crippen LogP contribution in [0.25, 0.3) is 0 Å². The van der Waals surface area contributed by atoms with Crippen LogP contribution in [-0.2, 0) is 4.74 Å². The molecule has 1 fully saturated rings. The summed E-state index contributed by atoms with van der Waals surface area (Å²) in [7, 11) is 0. The van der Waals surface area contributed by atoms with Crippen LogP contribution in [0.2, 0.25) is 0 Å². The number of ether oxygens (including phenoxy) is 1. The van der Waals surface area contributed by atoms with Gasteiger partial charge >= 0.3 is 6.03 Å². The summed E-state index contributed by atoms with van der Waals surface area (Å²) in [5, 5.41) is 5.57. The van der Waals surface area contributed by atoms with E-state index in [4.69, 9.17) is 4.74 Å². The van der Waals surface area contributed by atoms with E-state index in [1.807, 2.05) is 32.0 Å². The van der Waals surface area contributed by atoms with Gasteiger partial charge in [0.15, 0.2) is 0 Å². The van der Waals surface area contributed by atoms with Gasteiger partial charge in [-0.2, -0.15) is 0 Å². The van der Waals surface area contributed by atoms with E-state index in [1.165, 1.54) is 5.56 Å². The molecule has 1 atom stereocenters. The number of epoxide rings is 1. The Morgan fingerprint density at radius 1 is 1.50 bits per heavy atom. The lowest BCUT2D eigenvalue weighted by Gasteiger charge is -2.09. The van der Waals surface area contributed by atoms with Gasteiger partial charge < -0.3 is 15.4 Å². The summed E-state index contributed by atoms with van der Waals surface area (Å²) in [4.78, 5) is 11.5. The van der Waals surface area contributed by atoms with Crippen LogP contribution in [-0.4, -0.2) is 25.3 Å². The minimum atomic E-state index is -0.178. The highest BCUT2D eigenvalue weighted by Crippen LogP contribution is 2.15. The Balaban J connectivity index is 1.89. The number of amides is 2. The lowest BCUT2D eigenvalue weighted by Crippen LogP contribution is -2.32. The van der Waals surface area contributed by atoms with Gasteiger partial charge in [0, 0.05) is 12.2 Å². The number of urea groups is 1. The lowest BCUT2D eigenvalue weighted by atomic mass is 10.1. The molecule has 2 rings (SSSR count). The first kappa shape index (κ1) is 11.0. The molecule has 4 nitrogen and oxygen atoms in total. The maximum absolute atomic E-state index is 11.5. The van der Waals surface area contributed by atoms with Crippen LogP contribution in [0, 0.1) is 13.8 Å². The van der Waals surface area contributed by atoms with Crippen LogP contribution in [0.5, 0.6) is 0 Å². The molecule has 0 spiro atoms. The fourth-order valence-electron chi connectivity index (χ4n) is 1.51. The van der Waals surface area contributed by atoms with Crippen molar-refractivity contribution in [1.29, 1.82) is 0 Å². The molecular weight excluding hydrogens is 204 g/mol. The standard InChI is InChI=1S/C12H16N2O2/c1-8-3-4-11(9(2)5-8)14-12(15)13-6-10-7-16-10/h3-5,10H,6-7H2,1-2H3,(H2,13,14,15). The van der Waals surface area contributed by atoms with E-state index in [1.54, 1.807) is 0 Å². The van der Waals surface area contributed by atoms with Gasteiger partial charge in [0.2, 0.25) is 0 Å². The number of hydrogen-bond acceptors (Lipinski definition) is 2. The Morgan fingerprint density at radius 2 is 2.25 bits per heavy atom. The van der Waals surface area contributed by atoms with Gasteiger partial charge in [0.05, 0.1) is 12.7 Å². The fourth-order valence-corrected chi connectivity index (χ4v) is 1.51. The smallest absolute Gasteiger partial charge is 0.319 e. The molecule has 0 saturated carbocycles. The highest BCUT2D eigenvalue weighted by Gasteiger charge is 2.22. The molecular formula is C12H16N2O2. The third-order valence-electron chi connectivity index (χ3n) is 2.52. The van der Waals surface area contributed by atoms with Crippen molar-refractivity contribution in [2.45, 2.75) is 20.0 Å². The largest absolute Gasteiger partial charge is 0.371 e. The van der Waals surface area contributed by atoms with Gasteiger partial charge in [0.1, 0.15) is 0 Å². The predicted octanol–water partition coefficient (Wildman–Crippen LogP) is 1.82. The summed E-state index contributed by atoms with van der Waals surface area (Å²) in [6.07, 6.45) is 0.213. The molecule has 4 heteroatoms. The predicted molar refractivity (Wildman–Crippen MR) is 62.7 cm³/mol. The van der Waals surface area contributed by atoms with Gasteiger partial charge in [-0.3, -0.25) is 0 Å². The quantitative estimate of drug-likeness (QED) is 0.763. The second kappa shape index (κ2) is 4.53. The number of nitrogens with one attached hydrogen (secondary N) is 2. The number of rotatable bonds is 3. The molecule has 1 aliphatic heterocycles. The van der Waals surface area contributed by atoms with Gasteiger partial charge in [0.25, 0.3) is 0 Å². The number of aryl methyl sites for hydroxylation is 2. The van der Waals surface area contributed by atoms with Crippen LogP contribution < -0.4 is 10.6 Å². The van der Waals surface area contributed by atoms with Crippen LogP contribution in [0.15, 0.2) is 18.2 Å². The summed E-state index contributed by atoms with van der Waals surface area (Å²) in [6, 6.07) is 5.76. The molecule has 16 heavy (non-hydrogen) atoms. The molecule has 1 aliphatic rings. The zero-order valence-corrected chi connectivity index (χ0v) is 9.54. The molecule has 1 unspecified atom stereocenters. The maximum Gasteiger partial charge on any atom is 0.319 e. The SMILES string of the molecule is Cc1ccc(NC(=O)NCC2CO2)c(C)c1. The van der Waals surface area contributed by atoms with Gasteiger partial charge in [-0.15, -0.1) is 0 Å². The average Bonchev–Trinajstić information content (AvgIpc) is 3.03. The number of anilines is 1. The fraction of sp³-hybridized carbons (Fsp3) is 0.417.